The maximum absolute atomic E-state index is 9.33. The molecule has 0 atom stereocenters. The van der Waals surface area contributed by atoms with Crippen LogP contribution in [0.1, 0.15) is 59.7 Å². The van der Waals surface area contributed by atoms with Gasteiger partial charge in [-0.05, 0) is 57.6 Å². The van der Waals surface area contributed by atoms with Gasteiger partial charge in [-0.3, -0.25) is 0 Å². The van der Waals surface area contributed by atoms with E-state index in [2.05, 4.69) is 64.1 Å². The summed E-state index contributed by atoms with van der Waals surface area (Å²) in [4.78, 5) is 4.05. The Kier molecular flexibility index (Phi) is 2.83. The van der Waals surface area contributed by atoms with E-state index in [1.54, 1.807) is 22.7 Å². The van der Waals surface area contributed by atoms with Crippen LogP contribution in [0, 0.1) is 22.7 Å². The van der Waals surface area contributed by atoms with E-state index in [1.165, 1.54) is 43.1 Å². The van der Waals surface area contributed by atoms with Crippen molar-refractivity contribution in [2.75, 3.05) is 0 Å². The van der Waals surface area contributed by atoms with E-state index in [0.717, 1.165) is 9.75 Å². The van der Waals surface area contributed by atoms with Crippen LogP contribution in [-0.4, -0.2) is 0 Å². The largest absolute Gasteiger partial charge is 0.192 e. The summed E-state index contributed by atoms with van der Waals surface area (Å²) in [7, 11) is 0. The van der Waals surface area contributed by atoms with E-state index >= 15 is 0 Å². The number of hydrogen-bond donors (Lipinski definition) is 0. The Morgan fingerprint density at radius 2 is 1.04 bits per heavy atom. The first kappa shape index (κ1) is 15.8. The van der Waals surface area contributed by atoms with Crippen molar-refractivity contribution in [3.05, 3.63) is 56.3 Å². The van der Waals surface area contributed by atoms with Gasteiger partial charge in [-0.2, -0.15) is 10.5 Å². The van der Waals surface area contributed by atoms with E-state index in [9.17, 15) is 10.5 Å². The smallest absolute Gasteiger partial charge is 0.110 e. The van der Waals surface area contributed by atoms with E-state index in [4.69, 9.17) is 0 Å². The van der Waals surface area contributed by atoms with Crippen molar-refractivity contribution in [3.63, 3.8) is 0 Å². The van der Waals surface area contributed by atoms with E-state index in [0.29, 0.717) is 0 Å². The highest BCUT2D eigenvalue weighted by Gasteiger charge is 2.43. The number of nitrogens with zero attached hydrogens (tertiary/aromatic N) is 2. The highest BCUT2D eigenvalue weighted by molar-refractivity contribution is 7.16. The molecule has 2 aliphatic carbocycles. The number of benzene rings is 1. The third-order valence-corrected chi connectivity index (χ3v) is 8.17. The topological polar surface area (TPSA) is 47.6 Å². The fraction of sp³-hybridized carbons (Fsp3) is 0.273. The molecule has 0 spiro atoms. The van der Waals surface area contributed by atoms with Gasteiger partial charge in [0, 0.05) is 20.6 Å². The Labute approximate surface area is 161 Å². The Hall–Kier alpha value is -2.40. The van der Waals surface area contributed by atoms with Gasteiger partial charge in [0.15, 0.2) is 0 Å². The zero-order valence-corrected chi connectivity index (χ0v) is 16.7. The SMILES string of the molecule is CC1(C)c2cc3c(cc2-c2sc(C#N)cc21)C(C)(C)c1cc(C#N)sc1-3. The highest BCUT2D eigenvalue weighted by atomic mass is 32.1. The molecule has 0 saturated carbocycles. The van der Waals surface area contributed by atoms with Crippen LogP contribution in [0.25, 0.3) is 20.9 Å². The molecular formula is C22H16N2S2. The second kappa shape index (κ2) is 4.65. The van der Waals surface area contributed by atoms with Crippen molar-refractivity contribution in [1.82, 2.24) is 0 Å². The Bertz CT molecular complexity index is 1110. The third kappa shape index (κ3) is 1.69. The summed E-state index contributed by atoms with van der Waals surface area (Å²) in [5.41, 5.74) is 7.54. The zero-order chi connectivity index (χ0) is 18.4. The van der Waals surface area contributed by atoms with Crippen molar-refractivity contribution in [2.24, 2.45) is 0 Å². The van der Waals surface area contributed by atoms with Gasteiger partial charge in [-0.25, -0.2) is 0 Å². The number of hydrogen-bond acceptors (Lipinski definition) is 4. The zero-order valence-electron chi connectivity index (χ0n) is 15.0. The molecule has 126 valence electrons. The summed E-state index contributed by atoms with van der Waals surface area (Å²) in [6.07, 6.45) is 0. The quantitative estimate of drug-likeness (QED) is 0.474. The predicted octanol–water partition coefficient (Wildman–Crippen LogP) is 6.17. The monoisotopic (exact) mass is 372 g/mol. The van der Waals surface area contributed by atoms with Crippen LogP contribution in [0.5, 0.6) is 0 Å². The van der Waals surface area contributed by atoms with Crippen LogP contribution in [0.15, 0.2) is 24.3 Å². The van der Waals surface area contributed by atoms with Gasteiger partial charge in [-0.1, -0.05) is 27.7 Å². The summed E-state index contributed by atoms with van der Waals surface area (Å²) in [5.74, 6) is 0. The van der Waals surface area contributed by atoms with Crippen LogP contribution >= 0.6 is 22.7 Å². The lowest BCUT2D eigenvalue weighted by Gasteiger charge is -2.24. The molecule has 4 heteroatoms. The predicted molar refractivity (Wildman–Crippen MR) is 107 cm³/mol. The second-order valence-corrected chi connectivity index (χ2v) is 10.2. The summed E-state index contributed by atoms with van der Waals surface area (Å²) in [5, 5.41) is 18.7. The minimum atomic E-state index is -0.104. The Morgan fingerprint density at radius 1 is 0.654 bits per heavy atom. The lowest BCUT2D eigenvalue weighted by atomic mass is 9.79. The first-order valence-electron chi connectivity index (χ1n) is 8.57. The molecule has 2 heterocycles. The fourth-order valence-corrected chi connectivity index (χ4v) is 6.81. The molecule has 0 aliphatic heterocycles. The van der Waals surface area contributed by atoms with Gasteiger partial charge in [0.05, 0.1) is 0 Å². The van der Waals surface area contributed by atoms with Crippen molar-refractivity contribution in [2.45, 2.75) is 38.5 Å². The first-order valence-corrected chi connectivity index (χ1v) is 10.2. The molecule has 1 aromatic carbocycles. The molecule has 0 unspecified atom stereocenters. The highest BCUT2D eigenvalue weighted by Crippen LogP contribution is 2.58. The summed E-state index contributed by atoms with van der Waals surface area (Å²) in [6.45, 7) is 8.98. The molecule has 0 radical (unpaired) electrons. The maximum atomic E-state index is 9.33. The lowest BCUT2D eigenvalue weighted by molar-refractivity contribution is 0.653. The van der Waals surface area contributed by atoms with Crippen molar-refractivity contribution < 1.29 is 0 Å². The molecule has 5 rings (SSSR count). The van der Waals surface area contributed by atoms with Crippen LogP contribution in [0.3, 0.4) is 0 Å². The minimum Gasteiger partial charge on any atom is -0.192 e. The molecule has 0 saturated heterocycles. The first-order chi connectivity index (χ1) is 12.3. The van der Waals surface area contributed by atoms with E-state index in [-0.39, 0.29) is 10.8 Å². The van der Waals surface area contributed by atoms with Gasteiger partial charge in [0.25, 0.3) is 0 Å². The normalized spacial score (nSPS) is 17.0. The number of rotatable bonds is 0. The van der Waals surface area contributed by atoms with Crippen molar-refractivity contribution in [3.8, 4) is 33.0 Å². The Morgan fingerprint density at radius 3 is 1.38 bits per heavy atom. The lowest BCUT2D eigenvalue weighted by Crippen LogP contribution is -2.16. The average molecular weight is 373 g/mol. The molecule has 2 aliphatic rings. The molecule has 3 aromatic rings. The molecule has 0 fully saturated rings. The maximum Gasteiger partial charge on any atom is 0.110 e. The van der Waals surface area contributed by atoms with Gasteiger partial charge < -0.3 is 0 Å². The number of thiophene rings is 2. The summed E-state index contributed by atoms with van der Waals surface area (Å²) < 4.78 is 0. The third-order valence-electron chi connectivity index (χ3n) is 6.02. The molecular weight excluding hydrogens is 356 g/mol. The van der Waals surface area contributed by atoms with Gasteiger partial charge in [0.2, 0.25) is 0 Å². The van der Waals surface area contributed by atoms with Crippen LogP contribution in [0.4, 0.5) is 0 Å². The van der Waals surface area contributed by atoms with Gasteiger partial charge in [-0.15, -0.1) is 22.7 Å². The second-order valence-electron chi connectivity index (χ2n) is 8.12. The average Bonchev–Trinajstić information content (AvgIpc) is 3.31. The van der Waals surface area contributed by atoms with Crippen LogP contribution in [0.2, 0.25) is 0 Å². The van der Waals surface area contributed by atoms with Crippen LogP contribution in [-0.2, 0) is 10.8 Å². The van der Waals surface area contributed by atoms with Crippen molar-refractivity contribution >= 4 is 22.7 Å². The van der Waals surface area contributed by atoms with E-state index < -0.39 is 0 Å². The Balaban J connectivity index is 1.83. The van der Waals surface area contributed by atoms with E-state index in [1.807, 2.05) is 0 Å². The molecule has 0 N–H and O–H groups in total. The van der Waals surface area contributed by atoms with Gasteiger partial charge >= 0.3 is 0 Å². The summed E-state index contributed by atoms with van der Waals surface area (Å²) in [6, 6.07) is 13.4. The molecule has 0 amide bonds. The summed E-state index contributed by atoms with van der Waals surface area (Å²) >= 11 is 3.21. The molecule has 26 heavy (non-hydrogen) atoms. The number of nitriles is 2. The van der Waals surface area contributed by atoms with Crippen molar-refractivity contribution in [1.29, 1.82) is 10.5 Å². The standard InChI is InChI=1S/C22H16N2S2/c1-21(2)15-7-14-16(8-13(15)19-17(21)5-11(9-23)25-19)22(3,4)18-6-12(10-24)26-20(14)18/h5-8H,1-4H3. The molecule has 2 aromatic heterocycles. The van der Waals surface area contributed by atoms with Gasteiger partial charge in [0.1, 0.15) is 21.9 Å². The number of fused-ring (bicyclic) bond motifs is 6. The van der Waals surface area contributed by atoms with Crippen LogP contribution < -0.4 is 0 Å². The molecule has 0 bridgehead atoms. The minimum absolute atomic E-state index is 0.104. The molecule has 2 nitrogen and oxygen atoms in total. The fourth-order valence-electron chi connectivity index (χ4n) is 4.52.